The average molecular weight is 443 g/mol. The Morgan fingerprint density at radius 1 is 1.03 bits per heavy atom. The first-order chi connectivity index (χ1) is 14.8. The molecule has 3 aromatic rings. The summed E-state index contributed by atoms with van der Waals surface area (Å²) >= 11 is 0. The number of benzene rings is 2. The lowest BCUT2D eigenvalue weighted by Gasteiger charge is -2.33. The van der Waals surface area contributed by atoms with Crippen molar-refractivity contribution in [2.24, 2.45) is 0 Å². The van der Waals surface area contributed by atoms with Gasteiger partial charge in [0, 0.05) is 32.2 Å². The molecule has 1 fully saturated rings. The second-order valence-corrected chi connectivity index (χ2v) is 9.13. The van der Waals surface area contributed by atoms with Crippen LogP contribution < -0.4 is 0 Å². The van der Waals surface area contributed by atoms with Crippen molar-refractivity contribution in [1.29, 1.82) is 0 Å². The molecule has 2 heterocycles. The van der Waals surface area contributed by atoms with Crippen LogP contribution in [-0.4, -0.2) is 67.4 Å². The Kier molecular flexibility index (Phi) is 5.75. The summed E-state index contributed by atoms with van der Waals surface area (Å²) in [5, 5.41) is 5.36. The van der Waals surface area contributed by atoms with Gasteiger partial charge in [-0.1, -0.05) is 35.5 Å². The molecule has 10 heteroatoms. The van der Waals surface area contributed by atoms with Crippen LogP contribution in [0.3, 0.4) is 0 Å². The van der Waals surface area contributed by atoms with Gasteiger partial charge in [0.05, 0.1) is 4.90 Å². The third-order valence-electron chi connectivity index (χ3n) is 5.11. The molecular formula is C21H21N3O6S. The van der Waals surface area contributed by atoms with E-state index in [2.05, 4.69) is 5.16 Å². The molecule has 1 aliphatic heterocycles. The third-order valence-corrected chi connectivity index (χ3v) is 7.01. The molecule has 0 radical (unpaired) electrons. The van der Waals surface area contributed by atoms with E-state index in [-0.39, 0.29) is 36.8 Å². The van der Waals surface area contributed by atoms with Crippen molar-refractivity contribution in [3.8, 4) is 0 Å². The van der Waals surface area contributed by atoms with Crippen molar-refractivity contribution < 1.29 is 27.3 Å². The number of carbonyl (C=O) groups is 2. The van der Waals surface area contributed by atoms with Crippen LogP contribution >= 0.6 is 0 Å². The van der Waals surface area contributed by atoms with Crippen LogP contribution in [0.25, 0.3) is 10.8 Å². The van der Waals surface area contributed by atoms with Gasteiger partial charge in [0.25, 0.3) is 5.91 Å². The van der Waals surface area contributed by atoms with Crippen LogP contribution in [0.5, 0.6) is 0 Å². The maximum atomic E-state index is 13.0. The van der Waals surface area contributed by atoms with Gasteiger partial charge in [-0.15, -0.1) is 0 Å². The number of aromatic nitrogens is 1. The fraction of sp³-hybridized carbons (Fsp3) is 0.286. The minimum atomic E-state index is -3.67. The van der Waals surface area contributed by atoms with E-state index in [9.17, 15) is 18.0 Å². The second kappa shape index (κ2) is 8.48. The Hall–Kier alpha value is -3.24. The molecule has 2 aromatic carbocycles. The number of aryl methyl sites for hydroxylation is 1. The number of esters is 1. The molecule has 1 aliphatic rings. The summed E-state index contributed by atoms with van der Waals surface area (Å²) in [6.07, 6.45) is 0. The molecule has 0 aliphatic carbocycles. The summed E-state index contributed by atoms with van der Waals surface area (Å²) in [7, 11) is -3.67. The van der Waals surface area contributed by atoms with Crippen LogP contribution in [0.4, 0.5) is 0 Å². The van der Waals surface area contributed by atoms with Crippen molar-refractivity contribution in [1.82, 2.24) is 14.4 Å². The van der Waals surface area contributed by atoms with E-state index < -0.39 is 28.5 Å². The summed E-state index contributed by atoms with van der Waals surface area (Å²) < 4.78 is 37.2. The van der Waals surface area contributed by atoms with Gasteiger partial charge in [-0.25, -0.2) is 13.2 Å². The minimum Gasteiger partial charge on any atom is -0.451 e. The number of rotatable bonds is 5. The van der Waals surface area contributed by atoms with Crippen molar-refractivity contribution in [3.05, 3.63) is 60.0 Å². The van der Waals surface area contributed by atoms with Crippen LogP contribution in [0.1, 0.15) is 16.2 Å². The standard InChI is InChI=1S/C21H21N3O6S/c1-15-12-19(22-30-15)21(26)29-14-20(25)23-8-10-24(11-9-23)31(27,28)18-7-6-16-4-2-3-5-17(16)13-18/h2-7,12-13H,8-11,14H2,1H3. The quantitative estimate of drug-likeness (QED) is 0.553. The van der Waals surface area contributed by atoms with Gasteiger partial charge in [0.2, 0.25) is 10.0 Å². The summed E-state index contributed by atoms with van der Waals surface area (Å²) in [6, 6.07) is 14.0. The predicted octanol–water partition coefficient (Wildman–Crippen LogP) is 1.83. The third kappa shape index (κ3) is 4.44. The van der Waals surface area contributed by atoms with E-state index >= 15 is 0 Å². The number of hydrogen-bond donors (Lipinski definition) is 0. The van der Waals surface area contributed by atoms with Crippen LogP contribution in [-0.2, 0) is 19.6 Å². The van der Waals surface area contributed by atoms with Gasteiger partial charge in [-0.05, 0) is 29.8 Å². The van der Waals surface area contributed by atoms with E-state index in [1.807, 2.05) is 24.3 Å². The van der Waals surface area contributed by atoms with Crippen molar-refractivity contribution >= 4 is 32.7 Å². The molecule has 0 atom stereocenters. The van der Waals surface area contributed by atoms with Gasteiger partial charge in [-0.2, -0.15) is 4.31 Å². The zero-order valence-corrected chi connectivity index (χ0v) is 17.7. The lowest BCUT2D eigenvalue weighted by atomic mass is 10.1. The first-order valence-corrected chi connectivity index (χ1v) is 11.2. The number of sulfonamides is 1. The predicted molar refractivity (Wildman–Crippen MR) is 111 cm³/mol. The first-order valence-electron chi connectivity index (χ1n) is 9.72. The molecular weight excluding hydrogens is 422 g/mol. The smallest absolute Gasteiger partial charge is 0.361 e. The Labute approximate surface area is 179 Å². The molecule has 4 rings (SSSR count). The number of hydrogen-bond acceptors (Lipinski definition) is 7. The normalized spacial score (nSPS) is 15.2. The fourth-order valence-electron chi connectivity index (χ4n) is 3.41. The molecule has 1 amide bonds. The van der Waals surface area contributed by atoms with Gasteiger partial charge in [0.1, 0.15) is 5.76 Å². The minimum absolute atomic E-state index is 0.00315. The molecule has 0 N–H and O–H groups in total. The topological polar surface area (TPSA) is 110 Å². The highest BCUT2D eigenvalue weighted by molar-refractivity contribution is 7.89. The zero-order chi connectivity index (χ0) is 22.0. The molecule has 1 aromatic heterocycles. The number of carbonyl (C=O) groups excluding carboxylic acids is 2. The number of amides is 1. The van der Waals surface area contributed by atoms with Gasteiger partial charge in [-0.3, -0.25) is 4.79 Å². The molecule has 0 bridgehead atoms. The van der Waals surface area contributed by atoms with E-state index in [0.29, 0.717) is 5.76 Å². The number of piperazine rings is 1. The molecule has 9 nitrogen and oxygen atoms in total. The molecule has 31 heavy (non-hydrogen) atoms. The SMILES string of the molecule is Cc1cc(C(=O)OCC(=O)N2CCN(S(=O)(=O)c3ccc4ccccc4c3)CC2)no1. The molecule has 0 spiro atoms. The van der Waals surface area contributed by atoms with Gasteiger partial charge < -0.3 is 14.2 Å². The van der Waals surface area contributed by atoms with E-state index in [0.717, 1.165) is 10.8 Å². The monoisotopic (exact) mass is 443 g/mol. The number of nitrogens with zero attached hydrogens (tertiary/aromatic N) is 3. The average Bonchev–Trinajstić information content (AvgIpc) is 3.23. The lowest BCUT2D eigenvalue weighted by molar-refractivity contribution is -0.135. The van der Waals surface area contributed by atoms with E-state index in [1.165, 1.54) is 15.3 Å². The molecule has 162 valence electrons. The highest BCUT2D eigenvalue weighted by Crippen LogP contribution is 2.23. The van der Waals surface area contributed by atoms with Crippen molar-refractivity contribution in [3.63, 3.8) is 0 Å². The van der Waals surface area contributed by atoms with Crippen LogP contribution in [0.2, 0.25) is 0 Å². The van der Waals surface area contributed by atoms with Crippen LogP contribution in [0.15, 0.2) is 57.9 Å². The largest absolute Gasteiger partial charge is 0.451 e. The van der Waals surface area contributed by atoms with E-state index in [4.69, 9.17) is 9.26 Å². The number of ether oxygens (including phenoxy) is 1. The summed E-state index contributed by atoms with van der Waals surface area (Å²) in [4.78, 5) is 25.9. The molecule has 0 unspecified atom stereocenters. The summed E-state index contributed by atoms with van der Waals surface area (Å²) in [5.41, 5.74) is -0.00315. The highest BCUT2D eigenvalue weighted by Gasteiger charge is 2.30. The second-order valence-electron chi connectivity index (χ2n) is 7.19. The Balaban J connectivity index is 1.34. The fourth-order valence-corrected chi connectivity index (χ4v) is 4.87. The zero-order valence-electron chi connectivity index (χ0n) is 16.9. The summed E-state index contributed by atoms with van der Waals surface area (Å²) in [5.74, 6) is -0.680. The van der Waals surface area contributed by atoms with Crippen LogP contribution in [0, 0.1) is 6.92 Å². The van der Waals surface area contributed by atoms with E-state index in [1.54, 1.807) is 25.1 Å². The maximum Gasteiger partial charge on any atom is 0.361 e. The molecule has 0 saturated carbocycles. The van der Waals surface area contributed by atoms with Crippen molar-refractivity contribution in [2.45, 2.75) is 11.8 Å². The first kappa shape index (κ1) is 21.0. The Bertz CT molecular complexity index is 1230. The lowest BCUT2D eigenvalue weighted by Crippen LogP contribution is -2.51. The molecule has 1 saturated heterocycles. The highest BCUT2D eigenvalue weighted by atomic mass is 32.2. The Morgan fingerprint density at radius 3 is 2.42 bits per heavy atom. The summed E-state index contributed by atoms with van der Waals surface area (Å²) in [6.45, 7) is 1.95. The van der Waals surface area contributed by atoms with Gasteiger partial charge >= 0.3 is 5.97 Å². The van der Waals surface area contributed by atoms with Crippen molar-refractivity contribution in [2.75, 3.05) is 32.8 Å². The van der Waals surface area contributed by atoms with Gasteiger partial charge in [0.15, 0.2) is 12.3 Å². The number of fused-ring (bicyclic) bond motifs is 1. The Morgan fingerprint density at radius 2 is 1.74 bits per heavy atom. The maximum absolute atomic E-state index is 13.0.